The maximum atomic E-state index is 8.06. The van der Waals surface area contributed by atoms with Gasteiger partial charge in [0, 0.05) is 0 Å². The molecule has 0 unspecified atom stereocenters. The minimum Gasteiger partial charge on any atom is -1.00 e. The van der Waals surface area contributed by atoms with Crippen molar-refractivity contribution in [3.8, 4) is 0 Å². The summed E-state index contributed by atoms with van der Waals surface area (Å²) in [6.07, 6.45) is 0. The summed E-state index contributed by atoms with van der Waals surface area (Å²) in [7, 11) is 1.72. The van der Waals surface area contributed by atoms with E-state index in [1.165, 1.54) is 0 Å². The Morgan fingerprint density at radius 2 is 1.40 bits per heavy atom. The summed E-state index contributed by atoms with van der Waals surface area (Å²) in [5.41, 5.74) is 0. The Kier molecular flexibility index (Phi) is 280. The molecule has 5 heavy (non-hydrogen) atoms. The minimum absolute atomic E-state index is 0. The molecular formula is H10AlMgOPSi. The van der Waals surface area contributed by atoms with Crippen LogP contribution in [0.1, 0.15) is 2.85 Å². The molecule has 0 aromatic heterocycles. The van der Waals surface area contributed by atoms with Crippen molar-refractivity contribution in [2.45, 2.75) is 0 Å². The Labute approximate surface area is 67.8 Å². The first-order valence-electron chi connectivity index (χ1n) is 0.204. The second-order valence-electron chi connectivity index (χ2n) is 0. The third-order valence-corrected chi connectivity index (χ3v) is 0. The Morgan fingerprint density at radius 1 is 1.40 bits per heavy atom. The molecular weight excluding hydrogens is 126 g/mol. The summed E-state index contributed by atoms with van der Waals surface area (Å²) in [6.45, 7) is 0. The quantitative estimate of drug-likeness (QED) is 0.270. The number of hydrogen-bond donors (Lipinski definition) is 0. The smallest absolute Gasteiger partial charge is 1.00 e. The van der Waals surface area contributed by atoms with Crippen LogP contribution in [0.4, 0.5) is 0 Å². The van der Waals surface area contributed by atoms with Crippen molar-refractivity contribution in [2.75, 3.05) is 0 Å². The van der Waals surface area contributed by atoms with E-state index in [-0.39, 0.29) is 54.2 Å². The van der Waals surface area contributed by atoms with E-state index in [0.717, 1.165) is 0 Å². The topological polar surface area (TPSA) is 17.1 Å². The molecule has 0 atom stereocenters. The Balaban J connectivity index is -0.000000000500. The molecule has 0 heterocycles. The molecule has 1 nitrogen and oxygen atoms in total. The fourth-order valence-corrected chi connectivity index (χ4v) is 0. The van der Waals surface area contributed by atoms with E-state index < -0.39 is 0 Å². The van der Waals surface area contributed by atoms with E-state index >= 15 is 0 Å². The van der Waals surface area contributed by atoms with Gasteiger partial charge in [-0.25, -0.2) is 0 Å². The molecule has 0 saturated carbocycles. The molecule has 0 rings (SSSR count). The van der Waals surface area contributed by atoms with Crippen LogP contribution < -0.4 is 0 Å². The zero-order chi connectivity index (χ0) is 2.00. The van der Waals surface area contributed by atoms with Gasteiger partial charge in [-0.05, 0) is 11.0 Å². The van der Waals surface area contributed by atoms with Crippen molar-refractivity contribution in [3.63, 3.8) is 0 Å². The predicted octanol–water partition coefficient (Wildman–Crippen LogP) is -2.32. The number of rotatable bonds is 0. The van der Waals surface area contributed by atoms with E-state index in [4.69, 9.17) is 4.57 Å². The molecule has 0 aromatic rings. The maximum Gasteiger partial charge on any atom is 2.00 e. The molecule has 5 heteroatoms. The van der Waals surface area contributed by atoms with Crippen molar-refractivity contribution in [2.24, 2.45) is 0 Å². The van der Waals surface area contributed by atoms with Crippen LogP contribution in [-0.2, 0) is 4.57 Å². The van der Waals surface area contributed by atoms with Gasteiger partial charge in [-0.3, -0.25) is 4.57 Å². The zero-order valence-electron chi connectivity index (χ0n) is 3.62. The molecule has 30 valence electrons. The molecule has 0 aliphatic carbocycles. The number of hydrogen-bond acceptors (Lipinski definition) is 1. The van der Waals surface area contributed by atoms with E-state index in [1.807, 2.05) is 0 Å². The summed E-state index contributed by atoms with van der Waals surface area (Å²) in [6, 6.07) is 0. The molecule has 0 saturated heterocycles. The van der Waals surface area contributed by atoms with Crippen molar-refractivity contribution < 1.29 is 7.42 Å². The van der Waals surface area contributed by atoms with Crippen LogP contribution in [0.2, 0.25) is 0 Å². The summed E-state index contributed by atoms with van der Waals surface area (Å²) >= 11 is 0. The van der Waals surface area contributed by atoms with Crippen molar-refractivity contribution in [1.29, 1.82) is 0 Å². The Hall–Kier alpha value is 1.62. The molecule has 0 aliphatic heterocycles. The Morgan fingerprint density at radius 3 is 1.40 bits per heavy atom. The van der Waals surface area contributed by atoms with Crippen LogP contribution in [0, 0.1) is 0 Å². The normalized spacial score (nSPS) is 0.800. The molecule has 0 fully saturated rings. The van der Waals surface area contributed by atoms with Gasteiger partial charge in [0.1, 0.15) is 9.12 Å². The maximum absolute atomic E-state index is 8.06. The zero-order valence-corrected chi connectivity index (χ0v) is 4.03. The van der Waals surface area contributed by atoms with Gasteiger partial charge in [-0.15, -0.1) is 0 Å². The van der Waals surface area contributed by atoms with E-state index in [9.17, 15) is 0 Å². The average Bonchev–Trinajstić information content (AvgIpc) is 1.00. The summed E-state index contributed by atoms with van der Waals surface area (Å²) in [4.78, 5) is 0. The first-order chi connectivity index (χ1) is 1.00. The SMILES string of the molecule is O=P.[AlH3].[H-].[H-].[Mg+2].[SiH4]. The van der Waals surface area contributed by atoms with Gasteiger partial charge >= 0.3 is 23.1 Å². The van der Waals surface area contributed by atoms with Gasteiger partial charge < -0.3 is 2.85 Å². The third kappa shape index (κ3) is 28.1. The monoisotopic (exact) mass is 136 g/mol. The van der Waals surface area contributed by atoms with Gasteiger partial charge in [0.05, 0.1) is 0 Å². The fraction of sp³-hybridized carbons (Fsp3) is 0. The molecule has 0 aliphatic rings. The second-order valence-corrected chi connectivity index (χ2v) is 0. The van der Waals surface area contributed by atoms with Crippen molar-refractivity contribution in [3.05, 3.63) is 0 Å². The van der Waals surface area contributed by atoms with E-state index in [1.54, 1.807) is 9.12 Å². The van der Waals surface area contributed by atoms with E-state index in [2.05, 4.69) is 0 Å². The van der Waals surface area contributed by atoms with E-state index in [0.29, 0.717) is 0 Å². The molecule has 0 aromatic carbocycles. The third-order valence-electron chi connectivity index (χ3n) is 0. The van der Waals surface area contributed by atoms with Crippen LogP contribution in [0.3, 0.4) is 0 Å². The fourth-order valence-electron chi connectivity index (χ4n) is 0. The van der Waals surface area contributed by atoms with Gasteiger partial charge in [0.2, 0.25) is 0 Å². The second kappa shape index (κ2) is 45.8. The van der Waals surface area contributed by atoms with Crippen molar-refractivity contribution in [1.82, 2.24) is 0 Å². The van der Waals surface area contributed by atoms with Crippen LogP contribution in [0.5, 0.6) is 0 Å². The van der Waals surface area contributed by atoms with Gasteiger partial charge in [0.25, 0.3) is 0 Å². The van der Waals surface area contributed by atoms with Crippen molar-refractivity contribution >= 4 is 60.5 Å². The molecule has 0 radical (unpaired) electrons. The van der Waals surface area contributed by atoms with Crippen LogP contribution in [-0.4, -0.2) is 51.4 Å². The predicted molar refractivity (Wildman–Crippen MR) is 38.3 cm³/mol. The summed E-state index contributed by atoms with van der Waals surface area (Å²) in [5.74, 6) is 0. The minimum atomic E-state index is 0. The molecule has 0 amide bonds. The van der Waals surface area contributed by atoms with Crippen LogP contribution in [0.25, 0.3) is 0 Å². The van der Waals surface area contributed by atoms with Gasteiger partial charge in [0.15, 0.2) is 17.4 Å². The van der Waals surface area contributed by atoms with Gasteiger partial charge in [-0.2, -0.15) is 0 Å². The van der Waals surface area contributed by atoms with Crippen LogP contribution >= 0.6 is 9.12 Å². The largest absolute Gasteiger partial charge is 2.00 e. The first-order valence-corrected chi connectivity index (χ1v) is 0.612. The molecule has 0 bridgehead atoms. The van der Waals surface area contributed by atoms with Crippen LogP contribution in [0.15, 0.2) is 0 Å². The molecule has 0 spiro atoms. The average molecular weight is 136 g/mol. The summed E-state index contributed by atoms with van der Waals surface area (Å²) in [5, 5.41) is 0. The molecule has 0 N–H and O–H groups in total. The van der Waals surface area contributed by atoms with Gasteiger partial charge in [-0.1, -0.05) is 0 Å². The Bertz CT molecular complexity index is 17.7. The standard InChI is InChI=1S/Al.Mg.HOP.H4Si.5H/c;;1-2;;;;;;/h;;2H;1H4;;;;;/q;+2;;;;;;2*-1. The summed E-state index contributed by atoms with van der Waals surface area (Å²) < 4.78 is 8.06. The first kappa shape index (κ1) is 30.5.